The second kappa shape index (κ2) is 2.88. The highest BCUT2D eigenvalue weighted by molar-refractivity contribution is 6.33. The Bertz CT molecular complexity index is 522. The van der Waals surface area contributed by atoms with Crippen molar-refractivity contribution < 1.29 is 4.92 Å². The standard InChI is InChI=1S/C6H4ClN5O2/c1-11-2-8-3-4(7)9-6(12(13)14)10-5(3)11/h2H,1H3. The van der Waals surface area contributed by atoms with Gasteiger partial charge in [-0.3, -0.25) is 0 Å². The number of aryl methyl sites for hydroxylation is 1. The molecular formula is C6H4ClN5O2. The van der Waals surface area contributed by atoms with Gasteiger partial charge in [0, 0.05) is 7.05 Å². The summed E-state index contributed by atoms with van der Waals surface area (Å²) >= 11 is 5.69. The van der Waals surface area contributed by atoms with Crippen molar-refractivity contribution in [1.29, 1.82) is 0 Å². The Labute approximate surface area is 82.5 Å². The summed E-state index contributed by atoms with van der Waals surface area (Å²) in [6.45, 7) is 0. The Morgan fingerprint density at radius 3 is 2.93 bits per heavy atom. The molecule has 0 atom stereocenters. The van der Waals surface area contributed by atoms with E-state index in [0.29, 0.717) is 11.2 Å². The van der Waals surface area contributed by atoms with Crippen molar-refractivity contribution >= 4 is 28.7 Å². The molecule has 2 aromatic heterocycles. The molecule has 0 spiro atoms. The van der Waals surface area contributed by atoms with Gasteiger partial charge in [0.25, 0.3) is 0 Å². The second-order valence-corrected chi connectivity index (χ2v) is 2.96. The first kappa shape index (κ1) is 8.82. The molecule has 0 aliphatic carbocycles. The zero-order valence-corrected chi connectivity index (χ0v) is 7.76. The molecule has 0 unspecified atom stereocenters. The average molecular weight is 214 g/mol. The van der Waals surface area contributed by atoms with E-state index in [1.807, 2.05) is 0 Å². The SMILES string of the molecule is Cn1cnc2c(Cl)nc([N+](=O)[O-])nc21. The Kier molecular flexibility index (Phi) is 1.81. The number of aromatic nitrogens is 4. The molecule has 2 aromatic rings. The fourth-order valence-corrected chi connectivity index (χ4v) is 1.25. The Hall–Kier alpha value is -1.76. The lowest BCUT2D eigenvalue weighted by molar-refractivity contribution is -0.394. The number of nitrogens with zero attached hydrogens (tertiary/aromatic N) is 5. The van der Waals surface area contributed by atoms with E-state index in [-0.39, 0.29) is 5.15 Å². The fourth-order valence-electron chi connectivity index (χ4n) is 1.04. The maximum absolute atomic E-state index is 10.4. The number of hydrogen-bond acceptors (Lipinski definition) is 5. The third kappa shape index (κ3) is 1.18. The maximum Gasteiger partial charge on any atom is 0.472 e. The summed E-state index contributed by atoms with van der Waals surface area (Å²) in [5, 5.41) is 10.4. The van der Waals surface area contributed by atoms with E-state index in [2.05, 4.69) is 15.0 Å². The largest absolute Gasteiger partial charge is 0.472 e. The first-order valence-corrected chi connectivity index (χ1v) is 3.96. The van der Waals surface area contributed by atoms with Crippen molar-refractivity contribution in [3.63, 3.8) is 0 Å². The van der Waals surface area contributed by atoms with E-state index in [1.165, 1.54) is 10.9 Å². The number of hydrogen-bond donors (Lipinski definition) is 0. The topological polar surface area (TPSA) is 86.7 Å². The van der Waals surface area contributed by atoms with Gasteiger partial charge < -0.3 is 14.7 Å². The molecule has 8 heteroatoms. The predicted molar refractivity (Wildman–Crippen MR) is 48.0 cm³/mol. The Balaban J connectivity index is 2.82. The highest BCUT2D eigenvalue weighted by atomic mass is 35.5. The van der Waals surface area contributed by atoms with Crippen LogP contribution in [0.1, 0.15) is 0 Å². The molecule has 0 N–H and O–H groups in total. The third-order valence-electron chi connectivity index (χ3n) is 1.67. The van der Waals surface area contributed by atoms with Crippen LogP contribution in [0.2, 0.25) is 5.15 Å². The normalized spacial score (nSPS) is 10.7. The van der Waals surface area contributed by atoms with Crippen LogP contribution in [-0.2, 0) is 7.05 Å². The minimum atomic E-state index is -0.696. The van der Waals surface area contributed by atoms with E-state index < -0.39 is 10.9 Å². The van der Waals surface area contributed by atoms with Gasteiger partial charge in [-0.1, -0.05) is 4.98 Å². The van der Waals surface area contributed by atoms with Crippen LogP contribution < -0.4 is 0 Å². The molecule has 72 valence electrons. The number of halogens is 1. The molecular weight excluding hydrogens is 210 g/mol. The van der Waals surface area contributed by atoms with Gasteiger partial charge in [-0.25, -0.2) is 4.98 Å². The first-order chi connectivity index (χ1) is 6.59. The van der Waals surface area contributed by atoms with E-state index >= 15 is 0 Å². The summed E-state index contributed by atoms with van der Waals surface area (Å²) in [6.07, 6.45) is 1.47. The van der Waals surface area contributed by atoms with E-state index in [0.717, 1.165) is 0 Å². The van der Waals surface area contributed by atoms with Gasteiger partial charge in [-0.15, -0.1) is 0 Å². The van der Waals surface area contributed by atoms with Crippen molar-refractivity contribution in [3.05, 3.63) is 21.6 Å². The highest BCUT2D eigenvalue weighted by Gasteiger charge is 2.19. The lowest BCUT2D eigenvalue weighted by Gasteiger charge is -1.93. The molecule has 0 amide bonds. The van der Waals surface area contributed by atoms with Crippen molar-refractivity contribution in [1.82, 2.24) is 19.5 Å². The summed E-state index contributed by atoms with van der Waals surface area (Å²) in [5.41, 5.74) is 0.705. The summed E-state index contributed by atoms with van der Waals surface area (Å²) in [5.74, 6) is -0.522. The van der Waals surface area contributed by atoms with Crippen LogP contribution in [0.4, 0.5) is 5.95 Å². The zero-order valence-electron chi connectivity index (χ0n) is 7.01. The van der Waals surface area contributed by atoms with Crippen LogP contribution in [-0.4, -0.2) is 24.4 Å². The molecule has 2 heterocycles. The molecule has 0 fully saturated rings. The van der Waals surface area contributed by atoms with Gasteiger partial charge in [0.05, 0.1) is 6.33 Å². The third-order valence-corrected chi connectivity index (χ3v) is 1.93. The van der Waals surface area contributed by atoms with Crippen LogP contribution in [0.3, 0.4) is 0 Å². The lowest BCUT2D eigenvalue weighted by Crippen LogP contribution is -1.98. The van der Waals surface area contributed by atoms with Crippen LogP contribution in [0.15, 0.2) is 6.33 Å². The van der Waals surface area contributed by atoms with Crippen molar-refractivity contribution in [3.8, 4) is 0 Å². The summed E-state index contributed by atoms with van der Waals surface area (Å²) in [7, 11) is 1.67. The van der Waals surface area contributed by atoms with Crippen LogP contribution in [0.5, 0.6) is 0 Å². The molecule has 14 heavy (non-hydrogen) atoms. The highest BCUT2D eigenvalue weighted by Crippen LogP contribution is 2.20. The molecule has 0 saturated heterocycles. The zero-order chi connectivity index (χ0) is 10.3. The van der Waals surface area contributed by atoms with Gasteiger partial charge in [0.15, 0.2) is 5.52 Å². The second-order valence-electron chi connectivity index (χ2n) is 2.60. The van der Waals surface area contributed by atoms with Gasteiger partial charge in [0.1, 0.15) is 0 Å². The molecule has 0 aliphatic heterocycles. The molecule has 2 rings (SSSR count). The summed E-state index contributed by atoms with van der Waals surface area (Å²) in [6, 6.07) is 0. The number of imidazole rings is 1. The Morgan fingerprint density at radius 2 is 2.29 bits per heavy atom. The van der Waals surface area contributed by atoms with Crippen LogP contribution in [0.25, 0.3) is 11.2 Å². The number of nitro groups is 1. The molecule has 0 aromatic carbocycles. The predicted octanol–water partition coefficient (Wildman–Crippen LogP) is 0.925. The summed E-state index contributed by atoms with van der Waals surface area (Å²) in [4.78, 5) is 20.8. The number of rotatable bonds is 1. The molecule has 0 radical (unpaired) electrons. The van der Waals surface area contributed by atoms with Gasteiger partial charge >= 0.3 is 5.95 Å². The van der Waals surface area contributed by atoms with Crippen molar-refractivity contribution in [2.75, 3.05) is 0 Å². The van der Waals surface area contributed by atoms with Gasteiger partial charge in [-0.2, -0.15) is 0 Å². The quantitative estimate of drug-likeness (QED) is 0.399. The van der Waals surface area contributed by atoms with E-state index in [1.54, 1.807) is 7.05 Å². The molecule has 0 aliphatic rings. The van der Waals surface area contributed by atoms with Crippen molar-refractivity contribution in [2.24, 2.45) is 7.05 Å². The first-order valence-electron chi connectivity index (χ1n) is 3.58. The maximum atomic E-state index is 10.4. The number of fused-ring (bicyclic) bond motifs is 1. The average Bonchev–Trinajstić information content (AvgIpc) is 2.48. The molecule has 0 bridgehead atoms. The minimum Gasteiger partial charge on any atom is -0.390 e. The van der Waals surface area contributed by atoms with E-state index in [4.69, 9.17) is 11.6 Å². The van der Waals surface area contributed by atoms with Crippen LogP contribution in [0, 0.1) is 10.1 Å². The van der Waals surface area contributed by atoms with Crippen LogP contribution >= 0.6 is 11.6 Å². The molecule has 0 saturated carbocycles. The monoisotopic (exact) mass is 213 g/mol. The fraction of sp³-hybridized carbons (Fsp3) is 0.167. The summed E-state index contributed by atoms with van der Waals surface area (Å²) < 4.78 is 1.54. The van der Waals surface area contributed by atoms with Gasteiger partial charge in [-0.05, 0) is 21.5 Å². The van der Waals surface area contributed by atoms with Crippen molar-refractivity contribution in [2.45, 2.75) is 0 Å². The van der Waals surface area contributed by atoms with Gasteiger partial charge in [0.2, 0.25) is 10.8 Å². The lowest BCUT2D eigenvalue weighted by atomic mass is 10.5. The molecule has 7 nitrogen and oxygen atoms in total. The smallest absolute Gasteiger partial charge is 0.390 e. The Morgan fingerprint density at radius 1 is 1.57 bits per heavy atom. The minimum absolute atomic E-state index is 0.0118. The van der Waals surface area contributed by atoms with E-state index in [9.17, 15) is 10.1 Å².